The van der Waals surface area contributed by atoms with Gasteiger partial charge in [0, 0.05) is 12.2 Å². The lowest BCUT2D eigenvalue weighted by Gasteiger charge is -2.10. The van der Waals surface area contributed by atoms with E-state index in [9.17, 15) is 9.59 Å². The van der Waals surface area contributed by atoms with Crippen LogP contribution >= 0.6 is 0 Å². The van der Waals surface area contributed by atoms with Crippen LogP contribution in [-0.4, -0.2) is 14.5 Å². The molecule has 0 atom stereocenters. The first-order valence-corrected chi connectivity index (χ1v) is 5.72. The van der Waals surface area contributed by atoms with Crippen molar-refractivity contribution < 1.29 is 0 Å². The first-order valence-electron chi connectivity index (χ1n) is 5.72. The molecule has 0 unspecified atom stereocenters. The predicted octanol–water partition coefficient (Wildman–Crippen LogP) is 0.667. The Hall–Kier alpha value is -2.62. The summed E-state index contributed by atoms with van der Waals surface area (Å²) in [5, 5.41) is 0.265. The van der Waals surface area contributed by atoms with E-state index in [-0.39, 0.29) is 40.4 Å². The topological polar surface area (TPSA) is 98.1 Å². The van der Waals surface area contributed by atoms with Gasteiger partial charge >= 0.3 is 5.69 Å². The summed E-state index contributed by atoms with van der Waals surface area (Å²) < 4.78 is 1.37. The molecular weight excluding hydrogens is 246 g/mol. The van der Waals surface area contributed by atoms with Gasteiger partial charge in [0.15, 0.2) is 0 Å². The Balaban J connectivity index is 2.89. The zero-order chi connectivity index (χ0) is 14.2. The van der Waals surface area contributed by atoms with E-state index in [1.807, 2.05) is 13.8 Å². The second kappa shape index (κ2) is 4.57. The maximum atomic E-state index is 12.2. The quantitative estimate of drug-likeness (QED) is 0.774. The Morgan fingerprint density at radius 3 is 2.79 bits per heavy atom. The Bertz CT molecular complexity index is 795. The van der Waals surface area contributed by atoms with Gasteiger partial charge in [0.2, 0.25) is 12.0 Å². The van der Waals surface area contributed by atoms with E-state index in [2.05, 4.69) is 14.8 Å². The summed E-state index contributed by atoms with van der Waals surface area (Å²) in [7, 11) is 0. The van der Waals surface area contributed by atoms with Crippen LogP contribution in [0.5, 0.6) is 0 Å². The number of nitrogen functional groups attached to an aromatic ring is 1. The fourth-order valence-electron chi connectivity index (χ4n) is 1.82. The van der Waals surface area contributed by atoms with Crippen LogP contribution < -0.4 is 16.9 Å². The highest BCUT2D eigenvalue weighted by Crippen LogP contribution is 2.12. The van der Waals surface area contributed by atoms with Gasteiger partial charge in [0.25, 0.3) is 0 Å². The number of aromatic nitrogens is 3. The second-order valence-electron chi connectivity index (χ2n) is 4.45. The third-order valence-corrected chi connectivity index (χ3v) is 2.84. The SMILES string of the molecule is [C-]#[N+]Cc1c(N)[nH]c2nc(=O)n(C(C)C)cc2c1=O. The van der Waals surface area contributed by atoms with E-state index >= 15 is 0 Å². The molecule has 0 aliphatic carbocycles. The molecule has 0 radical (unpaired) electrons. The maximum Gasteiger partial charge on any atom is 0.349 e. The van der Waals surface area contributed by atoms with Gasteiger partial charge < -0.3 is 15.6 Å². The molecule has 0 saturated carbocycles. The number of rotatable bonds is 2. The normalized spacial score (nSPS) is 10.8. The first-order chi connectivity index (χ1) is 8.95. The molecule has 0 aliphatic heterocycles. The summed E-state index contributed by atoms with van der Waals surface area (Å²) in [4.78, 5) is 33.7. The average molecular weight is 259 g/mol. The van der Waals surface area contributed by atoms with Gasteiger partial charge in [-0.2, -0.15) is 4.98 Å². The van der Waals surface area contributed by atoms with Crippen molar-refractivity contribution in [2.75, 3.05) is 5.73 Å². The number of anilines is 1. The summed E-state index contributed by atoms with van der Waals surface area (Å²) in [6, 6.07) is -0.106. The lowest BCUT2D eigenvalue weighted by molar-refractivity contribution is 0.568. The van der Waals surface area contributed by atoms with Crippen molar-refractivity contribution >= 4 is 16.9 Å². The van der Waals surface area contributed by atoms with Crippen molar-refractivity contribution in [3.8, 4) is 0 Å². The molecule has 98 valence electrons. The molecule has 0 bridgehead atoms. The van der Waals surface area contributed by atoms with Gasteiger partial charge in [0.1, 0.15) is 17.0 Å². The maximum absolute atomic E-state index is 12.2. The molecular formula is C12H13N5O2. The van der Waals surface area contributed by atoms with Crippen molar-refractivity contribution in [3.63, 3.8) is 0 Å². The van der Waals surface area contributed by atoms with Crippen molar-refractivity contribution in [3.05, 3.63) is 43.9 Å². The number of nitrogens with zero attached hydrogens (tertiary/aromatic N) is 3. The van der Waals surface area contributed by atoms with Crippen LogP contribution in [0.2, 0.25) is 0 Å². The van der Waals surface area contributed by atoms with Crippen LogP contribution in [0.1, 0.15) is 25.5 Å². The largest absolute Gasteiger partial charge is 0.385 e. The van der Waals surface area contributed by atoms with Crippen LogP contribution in [0.4, 0.5) is 5.82 Å². The second-order valence-corrected chi connectivity index (χ2v) is 4.45. The Labute approximate surface area is 108 Å². The van der Waals surface area contributed by atoms with Gasteiger partial charge in [-0.05, 0) is 13.8 Å². The van der Waals surface area contributed by atoms with Gasteiger partial charge in [-0.25, -0.2) is 11.4 Å². The number of nitrogens with one attached hydrogen (secondary N) is 1. The molecule has 0 amide bonds. The van der Waals surface area contributed by atoms with Gasteiger partial charge in [-0.15, -0.1) is 0 Å². The number of fused-ring (bicyclic) bond motifs is 1. The highest BCUT2D eigenvalue weighted by molar-refractivity contribution is 5.76. The number of hydrogen-bond donors (Lipinski definition) is 2. The van der Waals surface area contributed by atoms with Gasteiger partial charge in [-0.1, -0.05) is 0 Å². The lowest BCUT2D eigenvalue weighted by atomic mass is 10.2. The minimum Gasteiger partial charge on any atom is -0.385 e. The Morgan fingerprint density at radius 2 is 2.21 bits per heavy atom. The number of pyridine rings is 1. The molecule has 2 aromatic heterocycles. The van der Waals surface area contributed by atoms with Crippen molar-refractivity contribution in [2.24, 2.45) is 0 Å². The Kier molecular flexibility index (Phi) is 3.09. The summed E-state index contributed by atoms with van der Waals surface area (Å²) in [5.41, 5.74) is 5.23. The number of H-pyrrole nitrogens is 1. The zero-order valence-corrected chi connectivity index (χ0v) is 10.6. The molecule has 19 heavy (non-hydrogen) atoms. The van der Waals surface area contributed by atoms with E-state index < -0.39 is 5.69 Å². The third-order valence-electron chi connectivity index (χ3n) is 2.84. The minimum atomic E-state index is -0.449. The van der Waals surface area contributed by atoms with E-state index in [1.165, 1.54) is 10.8 Å². The molecule has 0 fully saturated rings. The minimum absolute atomic E-state index is 0.0858. The molecule has 7 heteroatoms. The van der Waals surface area contributed by atoms with Crippen LogP contribution in [-0.2, 0) is 6.54 Å². The van der Waals surface area contributed by atoms with E-state index in [0.29, 0.717) is 0 Å². The standard InChI is InChI=1S/C12H13N5O2/c1-6(2)17-5-8-9(18)7(4-14-3)10(13)15-11(8)16-12(17)19/h5-6H,4,13H2,1-2H3,(H,15,16,19). The fraction of sp³-hybridized carbons (Fsp3) is 0.333. The molecule has 7 nitrogen and oxygen atoms in total. The van der Waals surface area contributed by atoms with Crippen molar-refractivity contribution in [2.45, 2.75) is 26.4 Å². The number of hydrogen-bond acceptors (Lipinski definition) is 4. The lowest BCUT2D eigenvalue weighted by Crippen LogP contribution is -2.26. The van der Waals surface area contributed by atoms with Crippen LogP contribution in [0, 0.1) is 6.57 Å². The van der Waals surface area contributed by atoms with E-state index in [4.69, 9.17) is 12.3 Å². The van der Waals surface area contributed by atoms with E-state index in [1.54, 1.807) is 0 Å². The predicted molar refractivity (Wildman–Crippen MR) is 71.7 cm³/mol. The molecule has 0 aromatic carbocycles. The molecule has 0 spiro atoms. The van der Waals surface area contributed by atoms with Gasteiger partial charge in [0.05, 0.1) is 5.39 Å². The first kappa shape index (κ1) is 12.8. The summed E-state index contributed by atoms with van der Waals surface area (Å²) >= 11 is 0. The van der Waals surface area contributed by atoms with E-state index in [0.717, 1.165) is 0 Å². The zero-order valence-electron chi connectivity index (χ0n) is 10.6. The van der Waals surface area contributed by atoms with Crippen LogP contribution in [0.3, 0.4) is 0 Å². The van der Waals surface area contributed by atoms with Gasteiger partial charge in [-0.3, -0.25) is 9.36 Å². The molecule has 3 N–H and O–H groups in total. The Morgan fingerprint density at radius 1 is 1.53 bits per heavy atom. The third kappa shape index (κ3) is 2.08. The summed E-state index contributed by atoms with van der Waals surface area (Å²) in [5.74, 6) is 0.0858. The molecule has 2 rings (SSSR count). The summed E-state index contributed by atoms with van der Waals surface area (Å²) in [6.07, 6.45) is 1.46. The van der Waals surface area contributed by atoms with Crippen molar-refractivity contribution in [1.29, 1.82) is 0 Å². The molecule has 2 heterocycles. The highest BCUT2D eigenvalue weighted by atomic mass is 16.1. The average Bonchev–Trinajstić information content (AvgIpc) is 2.33. The molecule has 0 aliphatic rings. The monoisotopic (exact) mass is 259 g/mol. The molecule has 0 saturated heterocycles. The number of aromatic amines is 1. The van der Waals surface area contributed by atoms with Crippen LogP contribution in [0.25, 0.3) is 15.9 Å². The molecule has 2 aromatic rings. The summed E-state index contributed by atoms with van der Waals surface area (Å²) in [6.45, 7) is 10.4. The smallest absolute Gasteiger partial charge is 0.349 e. The van der Waals surface area contributed by atoms with Crippen molar-refractivity contribution in [1.82, 2.24) is 14.5 Å². The fourth-order valence-corrected chi connectivity index (χ4v) is 1.82. The number of nitrogens with two attached hydrogens (primary N) is 1. The highest BCUT2D eigenvalue weighted by Gasteiger charge is 2.15. The van der Waals surface area contributed by atoms with Crippen LogP contribution in [0.15, 0.2) is 15.8 Å².